The summed E-state index contributed by atoms with van der Waals surface area (Å²) < 4.78 is 13.0. The zero-order valence-electron chi connectivity index (χ0n) is 13.4. The smallest absolute Gasteiger partial charge is 0.254 e. The van der Waals surface area contributed by atoms with Crippen LogP contribution in [0.25, 0.3) is 5.78 Å². The van der Waals surface area contributed by atoms with E-state index in [0.717, 1.165) is 35.8 Å². The Hall–Kier alpha value is -1.73. The van der Waals surface area contributed by atoms with E-state index in [-0.39, 0.29) is 0 Å². The van der Waals surface area contributed by atoms with Gasteiger partial charge >= 0.3 is 0 Å². The Kier molecular flexibility index (Phi) is 2.90. The third-order valence-electron chi connectivity index (χ3n) is 5.96. The van der Waals surface area contributed by atoms with Crippen LogP contribution in [0.2, 0.25) is 0 Å². The van der Waals surface area contributed by atoms with Crippen molar-refractivity contribution in [2.24, 2.45) is 17.8 Å². The number of nitrogens with zero attached hydrogens (tertiary/aromatic N) is 5. The van der Waals surface area contributed by atoms with Crippen molar-refractivity contribution in [3.8, 4) is 0 Å². The van der Waals surface area contributed by atoms with Crippen molar-refractivity contribution in [2.75, 3.05) is 25.7 Å². The van der Waals surface area contributed by atoms with Crippen LogP contribution in [0.3, 0.4) is 0 Å². The van der Waals surface area contributed by atoms with Gasteiger partial charge in [-0.3, -0.25) is 0 Å². The van der Waals surface area contributed by atoms with Gasteiger partial charge in [0.05, 0.1) is 24.4 Å². The Bertz CT molecular complexity index is 745. The van der Waals surface area contributed by atoms with Gasteiger partial charge in [0, 0.05) is 26.8 Å². The number of hydrogen-bond acceptors (Lipinski definition) is 6. The summed E-state index contributed by atoms with van der Waals surface area (Å²) in [5, 5.41) is 4.39. The highest BCUT2D eigenvalue weighted by Gasteiger charge is 2.60. The van der Waals surface area contributed by atoms with Crippen LogP contribution in [0.5, 0.6) is 0 Å². The van der Waals surface area contributed by atoms with Crippen molar-refractivity contribution < 1.29 is 9.47 Å². The van der Waals surface area contributed by atoms with Gasteiger partial charge in [-0.2, -0.15) is 14.6 Å². The molecule has 1 saturated heterocycles. The second-order valence-corrected chi connectivity index (χ2v) is 7.01. The lowest BCUT2D eigenvalue weighted by atomic mass is 9.88. The summed E-state index contributed by atoms with van der Waals surface area (Å²) >= 11 is 0. The standard InChI is InChI=1S/C16H21N5O2/c1-22-7-11-5-13(21-16(19-11)17-8-18-21)20-6-10-3-9-4-12(10)14(20)15(9)23-2/h5,8-10,12,14-15H,3-4,6-7H2,1-2H3. The van der Waals surface area contributed by atoms with E-state index < -0.39 is 0 Å². The molecule has 7 heteroatoms. The van der Waals surface area contributed by atoms with Gasteiger partial charge in [-0.05, 0) is 30.6 Å². The van der Waals surface area contributed by atoms with Crippen LogP contribution in [0.1, 0.15) is 18.5 Å². The van der Waals surface area contributed by atoms with E-state index in [1.54, 1.807) is 13.4 Å². The predicted molar refractivity (Wildman–Crippen MR) is 83.1 cm³/mol. The molecule has 0 amide bonds. The van der Waals surface area contributed by atoms with Crippen molar-refractivity contribution in [1.82, 2.24) is 19.6 Å². The lowest BCUT2D eigenvalue weighted by molar-refractivity contribution is 0.0446. The Labute approximate surface area is 134 Å². The summed E-state index contributed by atoms with van der Waals surface area (Å²) in [7, 11) is 3.54. The van der Waals surface area contributed by atoms with Gasteiger partial charge in [0.15, 0.2) is 0 Å². The molecule has 1 aliphatic heterocycles. The van der Waals surface area contributed by atoms with Crippen LogP contribution in [0, 0.1) is 17.8 Å². The quantitative estimate of drug-likeness (QED) is 0.843. The highest BCUT2D eigenvalue weighted by atomic mass is 16.5. The molecular formula is C16H21N5O2. The van der Waals surface area contributed by atoms with E-state index in [0.29, 0.717) is 24.5 Å². The fourth-order valence-electron chi connectivity index (χ4n) is 5.25. The second kappa shape index (κ2) is 4.88. The molecule has 3 aliphatic rings. The first-order valence-electron chi connectivity index (χ1n) is 8.28. The molecule has 122 valence electrons. The molecule has 3 heterocycles. The first kappa shape index (κ1) is 13.7. The molecule has 2 saturated carbocycles. The minimum atomic E-state index is 0.330. The summed E-state index contributed by atoms with van der Waals surface area (Å²) in [5.74, 6) is 3.96. The zero-order chi connectivity index (χ0) is 15.6. The average molecular weight is 315 g/mol. The summed E-state index contributed by atoms with van der Waals surface area (Å²) in [5.41, 5.74) is 0.894. The number of fused-ring (bicyclic) bond motifs is 2. The molecule has 5 rings (SSSR count). The lowest BCUT2D eigenvalue weighted by Crippen LogP contribution is -2.42. The molecule has 3 fully saturated rings. The lowest BCUT2D eigenvalue weighted by Gasteiger charge is -2.32. The van der Waals surface area contributed by atoms with Crippen LogP contribution in [-0.4, -0.2) is 52.5 Å². The molecule has 2 bridgehead atoms. The SMILES string of the molecule is COCc1cc(N2CC3CC4CC3C2C4OC)n2ncnc2n1. The number of methoxy groups -OCH3 is 2. The molecule has 2 aromatic rings. The van der Waals surface area contributed by atoms with E-state index >= 15 is 0 Å². The first-order valence-corrected chi connectivity index (χ1v) is 8.28. The van der Waals surface area contributed by atoms with Gasteiger partial charge in [-0.15, -0.1) is 0 Å². The Balaban J connectivity index is 1.61. The molecular weight excluding hydrogens is 294 g/mol. The van der Waals surface area contributed by atoms with Crippen LogP contribution < -0.4 is 4.90 Å². The zero-order valence-corrected chi connectivity index (χ0v) is 13.4. The number of ether oxygens (including phenoxy) is 2. The summed E-state index contributed by atoms with van der Waals surface area (Å²) in [6.07, 6.45) is 4.50. The minimum absolute atomic E-state index is 0.330. The van der Waals surface area contributed by atoms with Crippen LogP contribution in [-0.2, 0) is 16.1 Å². The molecule has 0 N–H and O–H groups in total. The van der Waals surface area contributed by atoms with Gasteiger partial charge in [-0.25, -0.2) is 4.98 Å². The largest absolute Gasteiger partial charge is 0.379 e. The van der Waals surface area contributed by atoms with Gasteiger partial charge in [0.2, 0.25) is 0 Å². The maximum atomic E-state index is 5.87. The van der Waals surface area contributed by atoms with E-state index in [1.807, 2.05) is 11.6 Å². The molecule has 2 aromatic heterocycles. The molecule has 2 aliphatic carbocycles. The van der Waals surface area contributed by atoms with E-state index in [1.165, 1.54) is 12.8 Å². The minimum Gasteiger partial charge on any atom is -0.379 e. The second-order valence-electron chi connectivity index (χ2n) is 7.01. The fraction of sp³-hybridized carbons (Fsp3) is 0.688. The predicted octanol–water partition coefficient (Wildman–Crippen LogP) is 1.13. The highest BCUT2D eigenvalue weighted by molar-refractivity contribution is 5.51. The monoisotopic (exact) mass is 315 g/mol. The maximum Gasteiger partial charge on any atom is 0.254 e. The Morgan fingerprint density at radius 3 is 3.00 bits per heavy atom. The fourth-order valence-corrected chi connectivity index (χ4v) is 5.25. The number of aromatic nitrogens is 4. The summed E-state index contributed by atoms with van der Waals surface area (Å²) in [6, 6.07) is 2.55. The molecule has 23 heavy (non-hydrogen) atoms. The number of hydrogen-bond donors (Lipinski definition) is 0. The van der Waals surface area contributed by atoms with E-state index in [4.69, 9.17) is 9.47 Å². The third-order valence-corrected chi connectivity index (χ3v) is 5.96. The Morgan fingerprint density at radius 2 is 2.17 bits per heavy atom. The van der Waals surface area contributed by atoms with Gasteiger partial charge in [0.25, 0.3) is 5.78 Å². The van der Waals surface area contributed by atoms with E-state index in [9.17, 15) is 0 Å². The summed E-state index contributed by atoms with van der Waals surface area (Å²) in [6.45, 7) is 1.56. The highest BCUT2D eigenvalue weighted by Crippen LogP contribution is 2.56. The number of anilines is 1. The molecule has 0 aromatic carbocycles. The first-order chi connectivity index (χ1) is 11.3. The molecule has 5 atom stereocenters. The average Bonchev–Trinajstić information content (AvgIpc) is 3.26. The molecule has 0 radical (unpaired) electrons. The van der Waals surface area contributed by atoms with Crippen molar-refractivity contribution in [3.05, 3.63) is 18.1 Å². The van der Waals surface area contributed by atoms with Gasteiger partial charge in [0.1, 0.15) is 12.1 Å². The van der Waals surface area contributed by atoms with Gasteiger partial charge in [-0.1, -0.05) is 0 Å². The summed E-state index contributed by atoms with van der Waals surface area (Å²) in [4.78, 5) is 11.3. The Morgan fingerprint density at radius 1 is 1.26 bits per heavy atom. The molecule has 5 unspecified atom stereocenters. The van der Waals surface area contributed by atoms with Crippen molar-refractivity contribution >= 4 is 11.6 Å². The van der Waals surface area contributed by atoms with Gasteiger partial charge < -0.3 is 14.4 Å². The molecule has 0 spiro atoms. The van der Waals surface area contributed by atoms with E-state index in [2.05, 4.69) is 26.0 Å². The maximum absolute atomic E-state index is 5.87. The number of rotatable bonds is 4. The van der Waals surface area contributed by atoms with Crippen molar-refractivity contribution in [1.29, 1.82) is 0 Å². The molecule has 7 nitrogen and oxygen atoms in total. The topological polar surface area (TPSA) is 64.8 Å². The van der Waals surface area contributed by atoms with Crippen molar-refractivity contribution in [3.63, 3.8) is 0 Å². The van der Waals surface area contributed by atoms with Crippen LogP contribution in [0.15, 0.2) is 12.4 Å². The third kappa shape index (κ3) is 1.80. The van der Waals surface area contributed by atoms with Crippen LogP contribution in [0.4, 0.5) is 5.82 Å². The van der Waals surface area contributed by atoms with Crippen molar-refractivity contribution in [2.45, 2.75) is 31.6 Å². The van der Waals surface area contributed by atoms with Crippen LogP contribution >= 0.6 is 0 Å². The normalized spacial score (nSPS) is 34.9.